The Morgan fingerprint density at radius 2 is 2.20 bits per heavy atom. The molecule has 1 heterocycles. The van der Waals surface area contributed by atoms with Gasteiger partial charge in [0.15, 0.2) is 0 Å². The van der Waals surface area contributed by atoms with E-state index in [2.05, 4.69) is 13.8 Å². The van der Waals surface area contributed by atoms with E-state index >= 15 is 0 Å². The van der Waals surface area contributed by atoms with Crippen LogP contribution in [0.2, 0.25) is 5.02 Å². The summed E-state index contributed by atoms with van der Waals surface area (Å²) in [4.78, 5) is 0. The second-order valence-corrected chi connectivity index (χ2v) is 7.02. The van der Waals surface area contributed by atoms with Gasteiger partial charge in [0.25, 0.3) is 0 Å². The largest absolute Gasteiger partial charge is 0.330 e. The van der Waals surface area contributed by atoms with Crippen molar-refractivity contribution in [3.63, 3.8) is 0 Å². The Labute approximate surface area is 126 Å². The Bertz CT molecular complexity index is 464. The van der Waals surface area contributed by atoms with E-state index in [-0.39, 0.29) is 5.82 Å². The molecule has 2 atom stereocenters. The summed E-state index contributed by atoms with van der Waals surface area (Å²) in [6, 6.07) is 4.75. The number of hydrogen-bond acceptors (Lipinski definition) is 1. The van der Waals surface area contributed by atoms with Gasteiger partial charge in [0.05, 0.1) is 24.7 Å². The zero-order chi connectivity index (χ0) is 14.8. The maximum Gasteiger partial charge on any atom is 0.124 e. The fourth-order valence-electron chi connectivity index (χ4n) is 3.54. The smallest absolute Gasteiger partial charge is 0.124 e. The fraction of sp³-hybridized carbons (Fsp3) is 0.625. The van der Waals surface area contributed by atoms with Gasteiger partial charge in [-0.25, -0.2) is 4.39 Å². The average Bonchev–Trinajstić information content (AvgIpc) is 2.75. The van der Waals surface area contributed by atoms with E-state index < -0.39 is 0 Å². The monoisotopic (exact) mass is 299 g/mol. The quantitative estimate of drug-likeness (QED) is 0.828. The summed E-state index contributed by atoms with van der Waals surface area (Å²) in [6.45, 7) is 9.54. The number of nitrogens with two attached hydrogens (primary N) is 1. The third-order valence-electron chi connectivity index (χ3n) is 4.26. The highest BCUT2D eigenvalue weighted by Gasteiger charge is 2.38. The molecule has 1 saturated heterocycles. The standard InChI is InChI=1S/C16H25ClFN2/c1-12(2)9-20(6-5-13(8-19)10-20)11-14-3-4-15(18)7-16(14)17/h3-4,7,12-13H,5-6,8-11,19H2,1-2H3/q+1/t13-,20?/m0/s1. The van der Waals surface area contributed by atoms with Gasteiger partial charge in [-0.1, -0.05) is 25.4 Å². The lowest BCUT2D eigenvalue weighted by Gasteiger charge is -2.36. The summed E-state index contributed by atoms with van der Waals surface area (Å²) in [5, 5.41) is 0.544. The highest BCUT2D eigenvalue weighted by molar-refractivity contribution is 6.31. The summed E-state index contributed by atoms with van der Waals surface area (Å²) >= 11 is 6.20. The fourth-order valence-corrected chi connectivity index (χ4v) is 3.77. The second kappa shape index (κ2) is 6.42. The SMILES string of the molecule is CC(C)C[N+]1(Cc2ccc(F)cc2Cl)CC[C@@H](CN)C1. The maximum absolute atomic E-state index is 13.2. The number of hydrogen-bond donors (Lipinski definition) is 1. The van der Waals surface area contributed by atoms with Crippen LogP contribution >= 0.6 is 11.6 Å². The molecule has 1 aromatic carbocycles. The molecule has 0 aliphatic carbocycles. The Balaban J connectivity index is 2.20. The van der Waals surface area contributed by atoms with Gasteiger partial charge in [-0.05, 0) is 18.2 Å². The van der Waals surface area contributed by atoms with Crippen LogP contribution in [0.5, 0.6) is 0 Å². The lowest BCUT2D eigenvalue weighted by atomic mass is 10.1. The molecule has 0 radical (unpaired) electrons. The van der Waals surface area contributed by atoms with Crippen molar-refractivity contribution in [2.24, 2.45) is 17.6 Å². The van der Waals surface area contributed by atoms with Gasteiger partial charge in [0, 0.05) is 30.4 Å². The van der Waals surface area contributed by atoms with E-state index in [0.29, 0.717) is 16.9 Å². The third kappa shape index (κ3) is 3.72. The van der Waals surface area contributed by atoms with E-state index in [1.54, 1.807) is 0 Å². The van der Waals surface area contributed by atoms with Crippen molar-refractivity contribution in [1.82, 2.24) is 0 Å². The van der Waals surface area contributed by atoms with Crippen molar-refractivity contribution in [2.75, 3.05) is 26.2 Å². The van der Waals surface area contributed by atoms with Gasteiger partial charge in [-0.2, -0.15) is 0 Å². The van der Waals surface area contributed by atoms with E-state index in [1.165, 1.54) is 18.6 Å². The normalized spacial score (nSPS) is 26.4. The first-order valence-electron chi connectivity index (χ1n) is 7.43. The molecule has 1 aliphatic heterocycles. The van der Waals surface area contributed by atoms with E-state index in [0.717, 1.165) is 42.8 Å². The van der Waals surface area contributed by atoms with Gasteiger partial charge < -0.3 is 10.2 Å². The molecule has 1 unspecified atom stereocenters. The maximum atomic E-state index is 13.2. The third-order valence-corrected chi connectivity index (χ3v) is 4.62. The van der Waals surface area contributed by atoms with Gasteiger partial charge in [0.1, 0.15) is 12.4 Å². The summed E-state index contributed by atoms with van der Waals surface area (Å²) in [5.74, 6) is 0.967. The van der Waals surface area contributed by atoms with Crippen LogP contribution in [0, 0.1) is 17.7 Å². The summed E-state index contributed by atoms with van der Waals surface area (Å²) < 4.78 is 14.2. The molecule has 1 fully saturated rings. The van der Waals surface area contributed by atoms with Crippen molar-refractivity contribution >= 4 is 11.6 Å². The van der Waals surface area contributed by atoms with Crippen molar-refractivity contribution in [3.8, 4) is 0 Å². The van der Waals surface area contributed by atoms with Gasteiger partial charge in [-0.15, -0.1) is 0 Å². The molecule has 0 amide bonds. The molecule has 2 nitrogen and oxygen atoms in total. The van der Waals surface area contributed by atoms with Crippen molar-refractivity contribution in [1.29, 1.82) is 0 Å². The number of nitrogens with zero attached hydrogens (tertiary/aromatic N) is 1. The van der Waals surface area contributed by atoms with Crippen LogP contribution in [0.3, 0.4) is 0 Å². The number of benzene rings is 1. The number of likely N-dealkylation sites (tertiary alicyclic amines) is 1. The number of halogens is 2. The minimum Gasteiger partial charge on any atom is -0.330 e. The highest BCUT2D eigenvalue weighted by atomic mass is 35.5. The Kier molecular flexibility index (Phi) is 5.05. The van der Waals surface area contributed by atoms with Crippen LogP contribution in [0.15, 0.2) is 18.2 Å². The summed E-state index contributed by atoms with van der Waals surface area (Å²) in [7, 11) is 0. The molecule has 0 aromatic heterocycles. The summed E-state index contributed by atoms with van der Waals surface area (Å²) in [6.07, 6.45) is 1.18. The highest BCUT2D eigenvalue weighted by Crippen LogP contribution is 2.31. The lowest BCUT2D eigenvalue weighted by molar-refractivity contribution is -0.933. The van der Waals surface area contributed by atoms with E-state index in [4.69, 9.17) is 17.3 Å². The molecule has 20 heavy (non-hydrogen) atoms. The van der Waals surface area contributed by atoms with Crippen LogP contribution in [-0.4, -0.2) is 30.7 Å². The summed E-state index contributed by atoms with van der Waals surface area (Å²) in [5.41, 5.74) is 6.89. The molecule has 1 aromatic rings. The van der Waals surface area contributed by atoms with Crippen LogP contribution in [0.4, 0.5) is 4.39 Å². The van der Waals surface area contributed by atoms with Gasteiger partial charge in [0.2, 0.25) is 0 Å². The second-order valence-electron chi connectivity index (χ2n) is 6.61. The first-order chi connectivity index (χ1) is 9.44. The Morgan fingerprint density at radius 1 is 1.45 bits per heavy atom. The number of rotatable bonds is 5. The predicted molar refractivity (Wildman–Crippen MR) is 82.0 cm³/mol. The molecule has 112 valence electrons. The molecule has 0 bridgehead atoms. The molecule has 4 heteroatoms. The van der Waals surface area contributed by atoms with Gasteiger partial charge >= 0.3 is 0 Å². The lowest BCUT2D eigenvalue weighted by Crippen LogP contribution is -2.48. The van der Waals surface area contributed by atoms with Crippen molar-refractivity contribution in [2.45, 2.75) is 26.8 Å². The molecular weight excluding hydrogens is 275 g/mol. The first kappa shape index (κ1) is 15.7. The average molecular weight is 300 g/mol. The first-order valence-corrected chi connectivity index (χ1v) is 7.81. The Hall–Kier alpha value is -0.640. The molecule has 0 spiro atoms. The van der Waals surface area contributed by atoms with Gasteiger partial charge in [-0.3, -0.25) is 0 Å². The number of quaternary nitrogens is 1. The zero-order valence-electron chi connectivity index (χ0n) is 12.4. The van der Waals surface area contributed by atoms with Crippen LogP contribution in [0.1, 0.15) is 25.8 Å². The minimum atomic E-state index is -0.268. The van der Waals surface area contributed by atoms with E-state index in [1.807, 2.05) is 6.07 Å². The zero-order valence-corrected chi connectivity index (χ0v) is 13.2. The van der Waals surface area contributed by atoms with Crippen molar-refractivity contribution in [3.05, 3.63) is 34.6 Å². The topological polar surface area (TPSA) is 26.0 Å². The molecule has 2 rings (SSSR count). The molecule has 0 saturated carbocycles. The molecule has 2 N–H and O–H groups in total. The minimum absolute atomic E-state index is 0.268. The predicted octanol–water partition coefficient (Wildman–Crippen LogP) is 3.43. The Morgan fingerprint density at radius 3 is 2.75 bits per heavy atom. The van der Waals surface area contributed by atoms with Crippen LogP contribution in [0.25, 0.3) is 0 Å². The molecule has 1 aliphatic rings. The van der Waals surface area contributed by atoms with Crippen molar-refractivity contribution < 1.29 is 8.87 Å². The van der Waals surface area contributed by atoms with E-state index in [9.17, 15) is 4.39 Å². The van der Waals surface area contributed by atoms with Crippen LogP contribution in [-0.2, 0) is 6.54 Å². The molecular formula is C16H25ClFN2+. The van der Waals surface area contributed by atoms with Crippen LogP contribution < -0.4 is 5.73 Å².